The molecule has 2 aromatic rings. The Morgan fingerprint density at radius 1 is 1.47 bits per heavy atom. The maximum absolute atomic E-state index is 11.8. The van der Waals surface area contributed by atoms with Crippen molar-refractivity contribution in [2.24, 2.45) is 12.1 Å². The van der Waals surface area contributed by atoms with Gasteiger partial charge in [0.2, 0.25) is 0 Å². The summed E-state index contributed by atoms with van der Waals surface area (Å²) >= 11 is 7.82. The Hall–Kier alpha value is -1.41. The summed E-state index contributed by atoms with van der Waals surface area (Å²) in [6, 6.07) is 7.13. The number of nitrogens with one attached hydrogen (secondary N) is 1. The number of amides is 1. The molecule has 0 fully saturated rings. The van der Waals surface area contributed by atoms with Crippen LogP contribution in [-0.4, -0.2) is 21.9 Å². The van der Waals surface area contributed by atoms with E-state index < -0.39 is 0 Å². The lowest BCUT2D eigenvalue weighted by Crippen LogP contribution is -2.19. The van der Waals surface area contributed by atoms with Gasteiger partial charge in [-0.05, 0) is 40.3 Å². The lowest BCUT2D eigenvalue weighted by molar-refractivity contribution is 0.0948. The molecule has 0 aliphatic heterocycles. The summed E-state index contributed by atoms with van der Waals surface area (Å²) in [5.74, 6) is -0.338. The van der Waals surface area contributed by atoms with E-state index in [1.54, 1.807) is 36.3 Å². The lowest BCUT2D eigenvalue weighted by atomic mass is 10.2. The summed E-state index contributed by atoms with van der Waals surface area (Å²) < 4.78 is 2.36. The van der Waals surface area contributed by atoms with Gasteiger partial charge in [-0.15, -0.1) is 0 Å². The molecule has 5 nitrogen and oxygen atoms in total. The van der Waals surface area contributed by atoms with Crippen LogP contribution in [-0.2, 0) is 7.05 Å². The minimum absolute atomic E-state index is 0.338. The molecule has 0 unspecified atom stereocenters. The molecular weight excluding hydrogens is 379 g/mol. The number of halogens is 2. The Morgan fingerprint density at radius 3 is 2.74 bits per heavy atom. The van der Waals surface area contributed by atoms with Crippen molar-refractivity contribution in [2.45, 2.75) is 0 Å². The second kappa shape index (κ2) is 6.16. The predicted octanol–water partition coefficient (Wildman–Crippen LogP) is 2.44. The molecule has 1 heterocycles. The third-order valence-corrected chi connectivity index (χ3v) is 3.29. The van der Waals surface area contributed by atoms with Crippen molar-refractivity contribution in [1.82, 2.24) is 15.2 Å². The van der Waals surface area contributed by atoms with Crippen LogP contribution in [0, 0.1) is 3.57 Å². The normalized spacial score (nSPS) is 10.9. The Kier molecular flexibility index (Phi) is 4.54. The second-order valence-corrected chi connectivity index (χ2v) is 5.35. The fourth-order valence-electron chi connectivity index (χ4n) is 1.38. The van der Waals surface area contributed by atoms with Crippen LogP contribution in [0.2, 0.25) is 5.02 Å². The third-order valence-electron chi connectivity index (χ3n) is 2.25. The molecule has 2 rings (SSSR count). The topological polar surface area (TPSA) is 59.3 Å². The SMILES string of the molecule is Cn1cc(I)c(C(=O)N/N=C\c2ccc(Cl)cc2)n1. The van der Waals surface area contributed by atoms with Crippen molar-refractivity contribution in [3.05, 3.63) is 50.3 Å². The molecule has 98 valence electrons. The minimum Gasteiger partial charge on any atom is -0.274 e. The second-order valence-electron chi connectivity index (χ2n) is 3.75. The standard InChI is InChI=1S/C12H10ClIN4O/c1-18-7-10(14)11(17-18)12(19)16-15-6-8-2-4-9(13)5-3-8/h2-7H,1H3,(H,16,19)/b15-6-. The van der Waals surface area contributed by atoms with Gasteiger partial charge >= 0.3 is 0 Å². The van der Waals surface area contributed by atoms with Crippen LogP contribution in [0.5, 0.6) is 0 Å². The van der Waals surface area contributed by atoms with Gasteiger partial charge in [0.1, 0.15) is 0 Å². The Bertz CT molecular complexity index is 621. The highest BCUT2D eigenvalue weighted by Gasteiger charge is 2.13. The van der Waals surface area contributed by atoms with Crippen LogP contribution < -0.4 is 5.43 Å². The van der Waals surface area contributed by atoms with Crippen molar-refractivity contribution in [3.63, 3.8) is 0 Å². The zero-order valence-electron chi connectivity index (χ0n) is 9.97. The smallest absolute Gasteiger partial charge is 0.274 e. The van der Waals surface area contributed by atoms with E-state index in [9.17, 15) is 4.79 Å². The summed E-state index contributed by atoms with van der Waals surface area (Å²) in [5, 5.41) is 8.59. The zero-order valence-corrected chi connectivity index (χ0v) is 12.9. The maximum Gasteiger partial charge on any atom is 0.292 e. The van der Waals surface area contributed by atoms with Gasteiger partial charge in [-0.2, -0.15) is 10.2 Å². The van der Waals surface area contributed by atoms with Crippen LogP contribution >= 0.6 is 34.2 Å². The number of benzene rings is 1. The largest absolute Gasteiger partial charge is 0.292 e. The van der Waals surface area contributed by atoms with Gasteiger partial charge in [-0.3, -0.25) is 9.48 Å². The molecule has 0 atom stereocenters. The van der Waals surface area contributed by atoms with Crippen LogP contribution in [0.25, 0.3) is 0 Å². The van der Waals surface area contributed by atoms with Crippen molar-refractivity contribution in [3.8, 4) is 0 Å². The van der Waals surface area contributed by atoms with Gasteiger partial charge in [0.15, 0.2) is 5.69 Å². The highest BCUT2D eigenvalue weighted by atomic mass is 127. The first-order valence-corrected chi connectivity index (χ1v) is 6.80. The van der Waals surface area contributed by atoms with Crippen molar-refractivity contribution >= 4 is 46.3 Å². The lowest BCUT2D eigenvalue weighted by Gasteiger charge is -1.96. The number of hydrazone groups is 1. The van der Waals surface area contributed by atoms with E-state index >= 15 is 0 Å². The van der Waals surface area contributed by atoms with E-state index in [0.717, 1.165) is 9.13 Å². The Balaban J connectivity index is 2.00. The fourth-order valence-corrected chi connectivity index (χ4v) is 2.26. The van der Waals surface area contributed by atoms with Gasteiger partial charge < -0.3 is 0 Å². The van der Waals surface area contributed by atoms with Crippen molar-refractivity contribution in [1.29, 1.82) is 0 Å². The average molecular weight is 389 g/mol. The Labute approximate surface area is 128 Å². The molecule has 1 aromatic heterocycles. The predicted molar refractivity (Wildman–Crippen MR) is 82.4 cm³/mol. The van der Waals surface area contributed by atoms with Gasteiger partial charge in [0.05, 0.1) is 9.78 Å². The molecule has 0 aliphatic carbocycles. The van der Waals surface area contributed by atoms with Crippen LogP contribution in [0.15, 0.2) is 35.6 Å². The summed E-state index contributed by atoms with van der Waals surface area (Å²) in [6.45, 7) is 0. The number of nitrogens with zero attached hydrogens (tertiary/aromatic N) is 3. The van der Waals surface area contributed by atoms with E-state index in [0.29, 0.717) is 10.7 Å². The maximum atomic E-state index is 11.8. The van der Waals surface area contributed by atoms with Crippen LogP contribution in [0.3, 0.4) is 0 Å². The molecule has 0 spiro atoms. The molecule has 7 heteroatoms. The molecule has 19 heavy (non-hydrogen) atoms. The minimum atomic E-state index is -0.338. The Morgan fingerprint density at radius 2 is 2.16 bits per heavy atom. The molecule has 1 amide bonds. The van der Waals surface area contributed by atoms with Gasteiger partial charge in [0, 0.05) is 18.3 Å². The first kappa shape index (κ1) is 14.0. The number of hydrogen-bond donors (Lipinski definition) is 1. The monoisotopic (exact) mass is 388 g/mol. The fraction of sp³-hybridized carbons (Fsp3) is 0.0833. The quantitative estimate of drug-likeness (QED) is 0.499. The summed E-state index contributed by atoms with van der Waals surface area (Å²) in [7, 11) is 1.76. The summed E-state index contributed by atoms with van der Waals surface area (Å²) in [4.78, 5) is 11.8. The highest BCUT2D eigenvalue weighted by molar-refractivity contribution is 14.1. The van der Waals surface area contributed by atoms with Gasteiger partial charge in [-0.25, -0.2) is 5.43 Å². The zero-order chi connectivity index (χ0) is 13.8. The van der Waals surface area contributed by atoms with Crippen LogP contribution in [0.4, 0.5) is 0 Å². The molecule has 0 bridgehead atoms. The summed E-state index contributed by atoms with van der Waals surface area (Å²) in [6.07, 6.45) is 3.31. The first-order valence-electron chi connectivity index (χ1n) is 5.34. The van der Waals surface area contributed by atoms with E-state index in [1.807, 2.05) is 12.1 Å². The van der Waals surface area contributed by atoms with E-state index in [4.69, 9.17) is 11.6 Å². The highest BCUT2D eigenvalue weighted by Crippen LogP contribution is 2.09. The third kappa shape index (κ3) is 3.77. The van der Waals surface area contributed by atoms with Gasteiger partial charge in [0.25, 0.3) is 5.91 Å². The van der Waals surface area contributed by atoms with Crippen molar-refractivity contribution in [2.75, 3.05) is 0 Å². The molecule has 0 radical (unpaired) electrons. The first-order chi connectivity index (χ1) is 9.06. The molecular formula is C12H10ClIN4O. The van der Waals surface area contributed by atoms with Gasteiger partial charge in [-0.1, -0.05) is 23.7 Å². The molecule has 1 aromatic carbocycles. The van der Waals surface area contributed by atoms with E-state index in [2.05, 4.69) is 38.2 Å². The molecule has 0 saturated carbocycles. The number of carbonyl (C=O) groups excluding carboxylic acids is 1. The van der Waals surface area contributed by atoms with E-state index in [1.165, 1.54) is 0 Å². The number of rotatable bonds is 3. The van der Waals surface area contributed by atoms with E-state index in [-0.39, 0.29) is 5.91 Å². The molecule has 1 N–H and O–H groups in total. The number of carbonyl (C=O) groups is 1. The van der Waals surface area contributed by atoms with Crippen molar-refractivity contribution < 1.29 is 4.79 Å². The average Bonchev–Trinajstić information content (AvgIpc) is 2.71. The summed E-state index contributed by atoms with van der Waals surface area (Å²) in [5.41, 5.74) is 3.64. The molecule has 0 saturated heterocycles. The number of aryl methyl sites for hydroxylation is 1. The van der Waals surface area contributed by atoms with Crippen LogP contribution in [0.1, 0.15) is 16.1 Å². The number of aromatic nitrogens is 2. The molecule has 0 aliphatic rings. The number of hydrogen-bond acceptors (Lipinski definition) is 3.